The van der Waals surface area contributed by atoms with E-state index in [0.717, 1.165) is 16.7 Å². The summed E-state index contributed by atoms with van der Waals surface area (Å²) in [6, 6.07) is 21.0. The van der Waals surface area contributed by atoms with Crippen LogP contribution in [0, 0.1) is 3.57 Å². The highest BCUT2D eigenvalue weighted by Crippen LogP contribution is 2.24. The van der Waals surface area contributed by atoms with Gasteiger partial charge in [-0.3, -0.25) is 4.40 Å². The zero-order valence-electron chi connectivity index (χ0n) is 10.6. The molecule has 0 aliphatic carbocycles. The highest BCUT2D eigenvalue weighted by molar-refractivity contribution is 14.1. The van der Waals surface area contributed by atoms with Gasteiger partial charge in [0.1, 0.15) is 5.65 Å². The monoisotopic (exact) mass is 366 g/mol. The highest BCUT2D eigenvalue weighted by atomic mass is 123. The summed E-state index contributed by atoms with van der Waals surface area (Å²) in [5, 5.41) is 0. The summed E-state index contributed by atoms with van der Waals surface area (Å²) in [6.07, 6.45) is 2.10. The summed E-state index contributed by atoms with van der Waals surface area (Å²) < 4.78 is 3.38. The lowest BCUT2D eigenvalue weighted by molar-refractivity contribution is 1.23. The van der Waals surface area contributed by atoms with Gasteiger partial charge in [-0.2, -0.15) is 0 Å². The summed E-state index contributed by atoms with van der Waals surface area (Å²) in [5.41, 5.74) is 5.59. The molecule has 96 valence electrons. The van der Waals surface area contributed by atoms with Crippen LogP contribution in [0.5, 0.6) is 0 Å². The van der Waals surface area contributed by atoms with Crippen LogP contribution in [0.1, 0.15) is 0 Å². The smallest absolute Gasteiger partial charge is 0.138 e. The van der Waals surface area contributed by atoms with Crippen molar-refractivity contribution in [3.05, 3.63) is 70.4 Å². The third-order valence-electron chi connectivity index (χ3n) is 3.49. The number of aromatic nitrogens is 2. The maximum absolute atomic E-state index is 4.68. The molecule has 4 rings (SSSR count). The van der Waals surface area contributed by atoms with Gasteiger partial charge in [0.25, 0.3) is 0 Å². The number of hydrogen-bond acceptors (Lipinski definition) is 1. The molecule has 0 aliphatic heterocycles. The predicted octanol–water partition coefficient (Wildman–Crippen LogP) is 4.76. The summed E-state index contributed by atoms with van der Waals surface area (Å²) in [5.74, 6) is 0. The fraction of sp³-hybridized carbons (Fsp3) is 0. The molecule has 0 atom stereocenters. The van der Waals surface area contributed by atoms with Crippen LogP contribution in [0.4, 0.5) is 0 Å². The molecule has 3 heteroatoms. The van der Waals surface area contributed by atoms with Crippen LogP contribution in [0.3, 0.4) is 0 Å². The van der Waals surface area contributed by atoms with Gasteiger partial charge in [0.15, 0.2) is 0 Å². The van der Waals surface area contributed by atoms with Crippen molar-refractivity contribution >= 4 is 39.3 Å². The maximum Gasteiger partial charge on any atom is 0.138 e. The average molecular weight is 366 g/mol. The lowest BCUT2D eigenvalue weighted by atomic mass is 10.1. The summed E-state index contributed by atoms with van der Waals surface area (Å²) in [7, 11) is 0. The number of pyridine rings is 1. The SMILES string of the molecule is [123I]c1ccc(-c2ccn3c(c2)nc2ccccc23)cc1. The number of rotatable bonds is 1. The Bertz CT molecular complexity index is 907. The van der Waals surface area contributed by atoms with Gasteiger partial charge in [-0.05, 0) is 70.1 Å². The molecule has 0 amide bonds. The molecule has 0 aliphatic rings. The average Bonchev–Trinajstić information content (AvgIpc) is 2.85. The Kier molecular flexibility index (Phi) is 2.73. The lowest BCUT2D eigenvalue weighted by Gasteiger charge is -2.03. The molecule has 0 saturated carbocycles. The van der Waals surface area contributed by atoms with E-state index in [9.17, 15) is 0 Å². The van der Waals surface area contributed by atoms with Gasteiger partial charge < -0.3 is 0 Å². The number of fused-ring (bicyclic) bond motifs is 3. The van der Waals surface area contributed by atoms with E-state index >= 15 is 0 Å². The fourth-order valence-corrected chi connectivity index (χ4v) is 2.85. The molecule has 2 heterocycles. The third-order valence-corrected chi connectivity index (χ3v) is 4.21. The van der Waals surface area contributed by atoms with Crippen LogP contribution >= 0.6 is 22.6 Å². The van der Waals surface area contributed by atoms with E-state index in [-0.39, 0.29) is 0 Å². The van der Waals surface area contributed by atoms with Gasteiger partial charge in [0.2, 0.25) is 0 Å². The summed E-state index contributed by atoms with van der Waals surface area (Å²) in [6.45, 7) is 0. The van der Waals surface area contributed by atoms with Crippen LogP contribution in [0.25, 0.3) is 27.8 Å². The summed E-state index contributed by atoms with van der Waals surface area (Å²) >= 11 is 2.32. The minimum absolute atomic E-state index is 0.988. The van der Waals surface area contributed by atoms with E-state index < -0.39 is 0 Å². The fourth-order valence-electron chi connectivity index (χ4n) is 2.49. The molecule has 0 spiro atoms. The molecule has 0 bridgehead atoms. The van der Waals surface area contributed by atoms with E-state index in [2.05, 4.69) is 80.6 Å². The number of benzene rings is 2. The Labute approximate surface area is 130 Å². The third kappa shape index (κ3) is 1.89. The quantitative estimate of drug-likeness (QED) is 0.444. The Balaban J connectivity index is 1.94. The second kappa shape index (κ2) is 4.59. The van der Waals surface area contributed by atoms with Gasteiger partial charge >= 0.3 is 0 Å². The molecule has 0 saturated heterocycles. The van der Waals surface area contributed by atoms with Gasteiger partial charge in [0.05, 0.1) is 11.0 Å². The van der Waals surface area contributed by atoms with E-state index in [1.807, 2.05) is 18.2 Å². The first-order valence-corrected chi connectivity index (χ1v) is 7.52. The Morgan fingerprint density at radius 3 is 2.50 bits per heavy atom. The van der Waals surface area contributed by atoms with Crippen molar-refractivity contribution in [2.75, 3.05) is 0 Å². The number of halogens is 1. The second-order valence-electron chi connectivity index (χ2n) is 4.75. The zero-order valence-corrected chi connectivity index (χ0v) is 12.8. The van der Waals surface area contributed by atoms with Crippen molar-refractivity contribution in [1.29, 1.82) is 0 Å². The molecule has 2 aromatic heterocycles. The van der Waals surface area contributed by atoms with Crippen molar-refractivity contribution < 1.29 is 0 Å². The largest absolute Gasteiger partial charge is 0.300 e. The molecule has 0 fully saturated rings. The Hall–Kier alpha value is -1.88. The topological polar surface area (TPSA) is 17.3 Å². The van der Waals surface area contributed by atoms with Crippen LogP contribution in [-0.2, 0) is 0 Å². The van der Waals surface area contributed by atoms with Crippen LogP contribution in [-0.4, -0.2) is 9.38 Å². The van der Waals surface area contributed by atoms with Gasteiger partial charge in [-0.15, -0.1) is 0 Å². The van der Waals surface area contributed by atoms with Crippen molar-refractivity contribution in [3.8, 4) is 11.1 Å². The van der Waals surface area contributed by atoms with Crippen molar-refractivity contribution in [2.24, 2.45) is 0 Å². The van der Waals surface area contributed by atoms with Crippen molar-refractivity contribution in [1.82, 2.24) is 9.38 Å². The normalized spacial score (nSPS) is 11.2. The Morgan fingerprint density at radius 1 is 0.850 bits per heavy atom. The predicted molar refractivity (Wildman–Crippen MR) is 90.9 cm³/mol. The molecule has 20 heavy (non-hydrogen) atoms. The minimum atomic E-state index is 0.988. The van der Waals surface area contributed by atoms with E-state index in [0.29, 0.717) is 0 Å². The molecular formula is C17H11IN2. The first kappa shape index (κ1) is 11.9. The van der Waals surface area contributed by atoms with E-state index in [1.165, 1.54) is 14.7 Å². The second-order valence-corrected chi connectivity index (χ2v) is 6.00. The van der Waals surface area contributed by atoms with Crippen molar-refractivity contribution in [3.63, 3.8) is 0 Å². The zero-order chi connectivity index (χ0) is 13.5. The molecule has 2 nitrogen and oxygen atoms in total. The Morgan fingerprint density at radius 2 is 1.65 bits per heavy atom. The molecule has 0 radical (unpaired) electrons. The highest BCUT2D eigenvalue weighted by Gasteiger charge is 2.05. The number of nitrogens with zero attached hydrogens (tertiary/aromatic N) is 2. The lowest BCUT2D eigenvalue weighted by Crippen LogP contribution is -1.85. The van der Waals surface area contributed by atoms with Crippen LogP contribution in [0.2, 0.25) is 0 Å². The summed E-state index contributed by atoms with van der Waals surface area (Å²) in [4.78, 5) is 4.68. The number of imidazole rings is 1. The van der Waals surface area contributed by atoms with Crippen molar-refractivity contribution in [2.45, 2.75) is 0 Å². The van der Waals surface area contributed by atoms with E-state index in [1.54, 1.807) is 0 Å². The number of hydrogen-bond donors (Lipinski definition) is 0. The van der Waals surface area contributed by atoms with Gasteiger partial charge in [-0.1, -0.05) is 24.3 Å². The first-order chi connectivity index (χ1) is 9.81. The first-order valence-electron chi connectivity index (χ1n) is 6.44. The van der Waals surface area contributed by atoms with Crippen LogP contribution < -0.4 is 0 Å². The minimum Gasteiger partial charge on any atom is -0.300 e. The maximum atomic E-state index is 4.68. The molecule has 0 N–H and O–H groups in total. The standard InChI is InChI=1S/C17H11IN2/c18-14-7-5-12(6-8-14)13-9-10-20-16-4-2-1-3-15(16)19-17(20)11-13/h1-11H/i18-4. The van der Waals surface area contributed by atoms with Gasteiger partial charge in [-0.25, -0.2) is 4.98 Å². The van der Waals surface area contributed by atoms with Gasteiger partial charge in [0, 0.05) is 9.77 Å². The molecule has 4 aromatic rings. The molecule has 2 aromatic carbocycles. The molecule has 0 unspecified atom stereocenters. The van der Waals surface area contributed by atoms with Crippen LogP contribution in [0.15, 0.2) is 66.9 Å². The molecular weight excluding hydrogens is 355 g/mol. The van der Waals surface area contributed by atoms with E-state index in [4.69, 9.17) is 0 Å². The number of para-hydroxylation sites is 2.